The van der Waals surface area contributed by atoms with Crippen LogP contribution in [0.1, 0.15) is 55.9 Å². The number of nitrogens with zero attached hydrogens (tertiary/aromatic N) is 5. The lowest BCUT2D eigenvalue weighted by atomic mass is 9.72. The van der Waals surface area contributed by atoms with E-state index in [2.05, 4.69) is 34.2 Å². The Morgan fingerprint density at radius 2 is 1.92 bits per heavy atom. The van der Waals surface area contributed by atoms with E-state index in [1.165, 1.54) is 0 Å². The van der Waals surface area contributed by atoms with Crippen molar-refractivity contribution >= 4 is 29.1 Å². The van der Waals surface area contributed by atoms with E-state index < -0.39 is 0 Å². The summed E-state index contributed by atoms with van der Waals surface area (Å²) in [6.45, 7) is 7.33. The second-order valence-electron chi connectivity index (χ2n) is 10.1. The summed E-state index contributed by atoms with van der Waals surface area (Å²) in [4.78, 5) is 24.2. The first-order valence-electron chi connectivity index (χ1n) is 12.8. The van der Waals surface area contributed by atoms with Crippen molar-refractivity contribution in [3.63, 3.8) is 0 Å². The number of aromatic nitrogens is 4. The Labute approximate surface area is 222 Å². The molecule has 37 heavy (non-hydrogen) atoms. The third kappa shape index (κ3) is 5.43. The number of methoxy groups -OCH3 is 1. The lowest BCUT2D eigenvalue weighted by Gasteiger charge is -2.44. The molecule has 10 heteroatoms. The number of anilines is 2. The normalized spacial score (nSPS) is 17.3. The first-order valence-corrected chi connectivity index (χ1v) is 13.1. The maximum absolute atomic E-state index is 13.3. The van der Waals surface area contributed by atoms with Gasteiger partial charge in [-0.25, -0.2) is 9.97 Å². The molecule has 9 nitrogen and oxygen atoms in total. The summed E-state index contributed by atoms with van der Waals surface area (Å²) in [6.07, 6.45) is 9.47. The zero-order valence-electron chi connectivity index (χ0n) is 21.5. The molecule has 2 aromatic heterocycles. The minimum Gasteiger partial charge on any atom is -0.495 e. The summed E-state index contributed by atoms with van der Waals surface area (Å²) >= 11 is 6.40. The Morgan fingerprint density at radius 1 is 1.16 bits per heavy atom. The van der Waals surface area contributed by atoms with Crippen molar-refractivity contribution < 1.29 is 14.3 Å². The third-order valence-corrected chi connectivity index (χ3v) is 7.78. The zero-order chi connectivity index (χ0) is 26.0. The number of benzene rings is 1. The van der Waals surface area contributed by atoms with Crippen LogP contribution in [0.15, 0.2) is 36.8 Å². The van der Waals surface area contributed by atoms with E-state index in [-0.39, 0.29) is 11.9 Å². The van der Waals surface area contributed by atoms with Gasteiger partial charge in [-0.3, -0.25) is 9.48 Å². The molecule has 1 spiro atoms. The molecular formula is C27H33ClN6O3. The molecule has 0 saturated carbocycles. The number of hydrogen-bond acceptors (Lipinski definition) is 7. The van der Waals surface area contributed by atoms with Crippen LogP contribution in [0.4, 0.5) is 11.6 Å². The molecule has 3 aromatic rings. The summed E-state index contributed by atoms with van der Waals surface area (Å²) in [5, 5.41) is 8.02. The van der Waals surface area contributed by atoms with Crippen molar-refractivity contribution in [2.45, 2.75) is 45.6 Å². The van der Waals surface area contributed by atoms with Gasteiger partial charge in [0.2, 0.25) is 5.95 Å². The fourth-order valence-electron chi connectivity index (χ4n) is 5.09. The van der Waals surface area contributed by atoms with Gasteiger partial charge in [-0.05, 0) is 63.1 Å². The Balaban J connectivity index is 1.30. The molecule has 0 radical (unpaired) electrons. The second kappa shape index (κ2) is 10.7. The first kappa shape index (κ1) is 25.5. The van der Waals surface area contributed by atoms with E-state index in [0.717, 1.165) is 57.6 Å². The number of amides is 1. The van der Waals surface area contributed by atoms with E-state index >= 15 is 0 Å². The van der Waals surface area contributed by atoms with Gasteiger partial charge in [0.05, 0.1) is 35.9 Å². The fourth-order valence-corrected chi connectivity index (χ4v) is 5.29. The molecule has 0 unspecified atom stereocenters. The fraction of sp³-hybridized carbons (Fsp3) is 0.481. The van der Waals surface area contributed by atoms with Crippen molar-refractivity contribution in [3.05, 3.63) is 47.4 Å². The number of ether oxygens (including phenoxy) is 2. The quantitative estimate of drug-likeness (QED) is 0.464. The molecule has 0 bridgehead atoms. The van der Waals surface area contributed by atoms with Gasteiger partial charge >= 0.3 is 0 Å². The van der Waals surface area contributed by atoms with Crippen molar-refractivity contribution in [2.75, 3.05) is 38.7 Å². The van der Waals surface area contributed by atoms with Gasteiger partial charge < -0.3 is 19.7 Å². The van der Waals surface area contributed by atoms with Crippen molar-refractivity contribution in [1.82, 2.24) is 24.6 Å². The van der Waals surface area contributed by atoms with Crippen LogP contribution in [0.25, 0.3) is 11.3 Å². The number of carbonyl (C=O) groups excluding carboxylic acids is 1. The predicted octanol–water partition coefficient (Wildman–Crippen LogP) is 5.36. The molecule has 2 fully saturated rings. The topological polar surface area (TPSA) is 94.4 Å². The van der Waals surface area contributed by atoms with E-state index in [1.807, 2.05) is 27.9 Å². The van der Waals surface area contributed by atoms with E-state index in [4.69, 9.17) is 21.1 Å². The maximum Gasteiger partial charge on any atom is 0.253 e. The number of rotatable bonds is 6. The van der Waals surface area contributed by atoms with Crippen LogP contribution < -0.4 is 10.1 Å². The maximum atomic E-state index is 13.3. The lowest BCUT2D eigenvalue weighted by molar-refractivity contribution is -0.0175. The van der Waals surface area contributed by atoms with E-state index in [0.29, 0.717) is 39.1 Å². The molecule has 0 atom stereocenters. The van der Waals surface area contributed by atoms with Crippen LogP contribution in [-0.4, -0.2) is 64.0 Å². The van der Waals surface area contributed by atoms with Crippen LogP contribution in [0.5, 0.6) is 5.75 Å². The summed E-state index contributed by atoms with van der Waals surface area (Å²) in [5.41, 5.74) is 2.99. The smallest absolute Gasteiger partial charge is 0.253 e. The Morgan fingerprint density at radius 3 is 2.59 bits per heavy atom. The standard InChI is InChI=1S/C27H33ClN6O3/c1-18(2)34-17-20(15-30-34)24-21(28)16-29-26(32-24)31-22-5-4-19(14-23(22)36-3)25(35)33-10-6-27(7-11-33)8-12-37-13-9-27/h4-5,14-18H,6-13H2,1-3H3,(H,29,31,32). The van der Waals surface area contributed by atoms with Gasteiger partial charge in [0.15, 0.2) is 0 Å². The molecular weight excluding hydrogens is 492 g/mol. The minimum absolute atomic E-state index is 0.0268. The Bertz CT molecular complexity index is 1260. The average Bonchev–Trinajstić information content (AvgIpc) is 3.41. The summed E-state index contributed by atoms with van der Waals surface area (Å²) in [6, 6.07) is 5.64. The highest BCUT2D eigenvalue weighted by Crippen LogP contribution is 2.41. The molecule has 1 aromatic carbocycles. The summed E-state index contributed by atoms with van der Waals surface area (Å²) < 4.78 is 13.0. The van der Waals surface area contributed by atoms with Gasteiger partial charge in [-0.15, -0.1) is 0 Å². The molecule has 1 amide bonds. The molecule has 1 N–H and O–H groups in total. The number of piperidine rings is 1. The van der Waals surface area contributed by atoms with Gasteiger partial charge in [-0.2, -0.15) is 5.10 Å². The van der Waals surface area contributed by atoms with Crippen LogP contribution in [0.2, 0.25) is 5.02 Å². The highest BCUT2D eigenvalue weighted by atomic mass is 35.5. The lowest BCUT2D eigenvalue weighted by Crippen LogP contribution is -2.45. The van der Waals surface area contributed by atoms with E-state index in [9.17, 15) is 4.79 Å². The van der Waals surface area contributed by atoms with Crippen LogP contribution >= 0.6 is 11.6 Å². The number of nitrogens with one attached hydrogen (secondary N) is 1. The zero-order valence-corrected chi connectivity index (χ0v) is 22.3. The molecule has 196 valence electrons. The van der Waals surface area contributed by atoms with Crippen LogP contribution in [0, 0.1) is 5.41 Å². The van der Waals surface area contributed by atoms with Gasteiger partial charge in [0.1, 0.15) is 5.75 Å². The second-order valence-corrected chi connectivity index (χ2v) is 10.5. The monoisotopic (exact) mass is 524 g/mol. The molecule has 2 aliphatic rings. The minimum atomic E-state index is 0.0268. The molecule has 4 heterocycles. The number of halogens is 1. The molecule has 0 aliphatic carbocycles. The average molecular weight is 525 g/mol. The van der Waals surface area contributed by atoms with Crippen LogP contribution in [-0.2, 0) is 4.74 Å². The first-order chi connectivity index (χ1) is 17.9. The molecule has 5 rings (SSSR count). The highest BCUT2D eigenvalue weighted by molar-refractivity contribution is 6.32. The van der Waals surface area contributed by atoms with Crippen molar-refractivity contribution in [2.24, 2.45) is 5.41 Å². The third-order valence-electron chi connectivity index (χ3n) is 7.51. The Hall–Kier alpha value is -3.17. The molecule has 2 saturated heterocycles. The Kier molecular flexibility index (Phi) is 7.35. The van der Waals surface area contributed by atoms with Gasteiger partial charge in [0.25, 0.3) is 5.91 Å². The van der Waals surface area contributed by atoms with Crippen molar-refractivity contribution in [1.29, 1.82) is 0 Å². The summed E-state index contributed by atoms with van der Waals surface area (Å²) in [7, 11) is 1.58. The van der Waals surface area contributed by atoms with Gasteiger partial charge in [0, 0.05) is 49.7 Å². The SMILES string of the molecule is COc1cc(C(=O)N2CCC3(CCOCC3)CC2)ccc1Nc1ncc(Cl)c(-c2cnn(C(C)C)c2)n1. The molecule has 2 aliphatic heterocycles. The predicted molar refractivity (Wildman–Crippen MR) is 143 cm³/mol. The number of carbonyl (C=O) groups is 1. The number of hydrogen-bond donors (Lipinski definition) is 1. The van der Waals surface area contributed by atoms with Gasteiger partial charge in [-0.1, -0.05) is 11.6 Å². The van der Waals surface area contributed by atoms with Crippen molar-refractivity contribution in [3.8, 4) is 17.0 Å². The number of likely N-dealkylation sites (tertiary alicyclic amines) is 1. The summed E-state index contributed by atoms with van der Waals surface area (Å²) in [5.74, 6) is 0.933. The van der Waals surface area contributed by atoms with Crippen LogP contribution in [0.3, 0.4) is 0 Å². The highest BCUT2D eigenvalue weighted by Gasteiger charge is 2.37. The van der Waals surface area contributed by atoms with E-state index in [1.54, 1.807) is 25.6 Å². The largest absolute Gasteiger partial charge is 0.495 e.